The van der Waals surface area contributed by atoms with E-state index in [0.29, 0.717) is 64.7 Å². The number of fused-ring (bicyclic) bond motifs is 2. The lowest BCUT2D eigenvalue weighted by Gasteiger charge is -2.60. The van der Waals surface area contributed by atoms with Crippen LogP contribution in [0.4, 0.5) is 10.1 Å². The van der Waals surface area contributed by atoms with Crippen molar-refractivity contribution in [2.75, 3.05) is 32.2 Å². The highest BCUT2D eigenvalue weighted by molar-refractivity contribution is 7.99. The van der Waals surface area contributed by atoms with E-state index in [9.17, 15) is 30.0 Å². The number of hydrogen-bond donors (Lipinski definition) is 2. The standard InChI is InChI=1S/C57H59FN4O9S/c1-2-30-69-57-53(61(37-40-16-22-44(58)23-17-40)56(65)42-20-14-39(36-59)15-21-42)35-51(60-70-38-41-18-24-45(25-19-41)62(66)67)49-33-43(10-6-8-28-63)48(13-7-9-29-64)54(55(49)57)50-34-46(26-27-52(50)71-57)68-31-32-72-47-11-4-3-5-12-47/h2-5,11-12,14-27,33-34,43,48,53-55,63-64H,1,6-10,13,28-32,35,37-38H2/t43-,48+,53-,54+,55+,57+/m0/s1. The molecule has 2 aliphatic carbocycles. The molecule has 1 saturated carbocycles. The zero-order valence-electron chi connectivity index (χ0n) is 40.0. The minimum absolute atomic E-state index is 0.00402. The fourth-order valence-corrected chi connectivity index (χ4v) is 11.2. The van der Waals surface area contributed by atoms with Gasteiger partial charge in [-0.2, -0.15) is 5.26 Å². The molecule has 1 amide bonds. The third-order valence-corrected chi connectivity index (χ3v) is 14.7. The van der Waals surface area contributed by atoms with Crippen LogP contribution < -0.4 is 9.47 Å². The molecule has 0 radical (unpaired) electrons. The van der Waals surface area contributed by atoms with Crippen LogP contribution in [0.5, 0.6) is 11.5 Å². The molecule has 0 spiro atoms. The van der Waals surface area contributed by atoms with Gasteiger partial charge < -0.3 is 34.2 Å². The van der Waals surface area contributed by atoms with E-state index in [2.05, 4.69) is 36.9 Å². The number of non-ortho nitro benzene ring substituents is 1. The van der Waals surface area contributed by atoms with Gasteiger partial charge in [0.2, 0.25) is 5.79 Å². The van der Waals surface area contributed by atoms with Crippen molar-refractivity contribution in [2.45, 2.75) is 80.7 Å². The molecule has 0 bridgehead atoms. The molecule has 1 fully saturated rings. The molecule has 0 aromatic heterocycles. The van der Waals surface area contributed by atoms with Crippen LogP contribution in [0.25, 0.3) is 0 Å². The average molecular weight is 995 g/mol. The normalized spacial score (nSPS) is 21.3. The lowest BCUT2D eigenvalue weighted by atomic mass is 9.55. The van der Waals surface area contributed by atoms with Crippen LogP contribution in [0, 0.1) is 45.0 Å². The van der Waals surface area contributed by atoms with Crippen LogP contribution in [0.15, 0.2) is 156 Å². The summed E-state index contributed by atoms with van der Waals surface area (Å²) in [4.78, 5) is 35.5. The third-order valence-electron chi connectivity index (χ3n) is 13.7. The Morgan fingerprint density at radius 3 is 2.38 bits per heavy atom. The van der Waals surface area contributed by atoms with E-state index in [1.54, 1.807) is 71.3 Å². The maximum absolute atomic E-state index is 15.4. The molecular formula is C57H59FN4O9S. The number of unbranched alkanes of at least 4 members (excludes halogenated alkanes) is 2. The van der Waals surface area contributed by atoms with Gasteiger partial charge in [0, 0.05) is 66.0 Å². The van der Waals surface area contributed by atoms with E-state index in [0.717, 1.165) is 41.7 Å². The summed E-state index contributed by atoms with van der Waals surface area (Å²) in [6.07, 6.45) is 8.12. The van der Waals surface area contributed by atoms with Gasteiger partial charge in [0.25, 0.3) is 11.6 Å². The van der Waals surface area contributed by atoms with Crippen molar-refractivity contribution in [3.05, 3.63) is 189 Å². The highest BCUT2D eigenvalue weighted by Crippen LogP contribution is 2.62. The maximum atomic E-state index is 15.4. The van der Waals surface area contributed by atoms with Crippen molar-refractivity contribution < 1.29 is 43.4 Å². The van der Waals surface area contributed by atoms with E-state index in [1.165, 1.54) is 24.3 Å². The van der Waals surface area contributed by atoms with Crippen LogP contribution in [-0.4, -0.2) is 75.7 Å². The van der Waals surface area contributed by atoms with Gasteiger partial charge in [-0.25, -0.2) is 4.39 Å². The molecule has 13 nitrogen and oxygen atoms in total. The zero-order valence-corrected chi connectivity index (χ0v) is 40.8. The number of benzene rings is 5. The number of amides is 1. The van der Waals surface area contributed by atoms with Crippen molar-refractivity contribution in [1.29, 1.82) is 5.26 Å². The van der Waals surface area contributed by atoms with Gasteiger partial charge in [0.1, 0.15) is 30.0 Å². The second kappa shape index (κ2) is 24.5. The summed E-state index contributed by atoms with van der Waals surface area (Å²) >= 11 is 1.70. The summed E-state index contributed by atoms with van der Waals surface area (Å²) in [5.74, 6) is -1.55. The van der Waals surface area contributed by atoms with E-state index in [1.807, 2.05) is 30.3 Å². The second-order valence-corrected chi connectivity index (χ2v) is 19.4. The Labute approximate surface area is 423 Å². The molecule has 1 heterocycles. The van der Waals surface area contributed by atoms with Gasteiger partial charge in [0.05, 0.1) is 41.4 Å². The first kappa shape index (κ1) is 51.5. The molecule has 5 aromatic carbocycles. The Balaban J connectivity index is 1.31. The molecule has 0 saturated heterocycles. The number of nitro benzene ring substituents is 1. The van der Waals surface area contributed by atoms with Gasteiger partial charge in [-0.15, -0.1) is 18.3 Å². The van der Waals surface area contributed by atoms with Crippen molar-refractivity contribution in [2.24, 2.45) is 22.9 Å². The van der Waals surface area contributed by atoms with E-state index >= 15 is 4.79 Å². The summed E-state index contributed by atoms with van der Waals surface area (Å²) in [6, 6.07) is 35.6. The summed E-state index contributed by atoms with van der Waals surface area (Å²) in [5, 5.41) is 46.2. The number of carbonyl (C=O) groups is 1. The Morgan fingerprint density at radius 1 is 0.958 bits per heavy atom. The number of rotatable bonds is 24. The van der Waals surface area contributed by atoms with Gasteiger partial charge in [0.15, 0.2) is 0 Å². The van der Waals surface area contributed by atoms with E-state index in [-0.39, 0.29) is 62.8 Å². The van der Waals surface area contributed by atoms with Crippen LogP contribution in [0.1, 0.15) is 83.5 Å². The van der Waals surface area contributed by atoms with Crippen LogP contribution in [-0.2, 0) is 22.7 Å². The highest BCUT2D eigenvalue weighted by Gasteiger charge is 2.65. The SMILES string of the molecule is C=CCO[C@@]12Oc3ccc(OCCSc4ccccc4)cc3[C@H]3[C@H](CCCCO)[C@@H](CCCCO)C=C(C(=NOCc4ccc([N+](=O)[O-])cc4)C[C@@H]1N(Cc1ccc(F)cc1)C(=O)c1ccc(C#N)cc1)[C@H]32. The topological polar surface area (TPSA) is 177 Å². The lowest BCUT2D eigenvalue weighted by molar-refractivity contribution is -0.384. The molecule has 1 aliphatic heterocycles. The lowest BCUT2D eigenvalue weighted by Crippen LogP contribution is -2.70. The number of hydrogen-bond acceptors (Lipinski definition) is 12. The number of aliphatic hydroxyl groups is 2. The summed E-state index contributed by atoms with van der Waals surface area (Å²) < 4.78 is 35.6. The van der Waals surface area contributed by atoms with Crippen molar-refractivity contribution >= 4 is 29.1 Å². The van der Waals surface area contributed by atoms with Gasteiger partial charge in [-0.05, 0) is 133 Å². The maximum Gasteiger partial charge on any atom is 0.269 e. The first-order chi connectivity index (χ1) is 35.2. The molecule has 6 atom stereocenters. The van der Waals surface area contributed by atoms with Crippen molar-refractivity contribution in [1.82, 2.24) is 4.90 Å². The molecule has 3 aliphatic rings. The monoisotopic (exact) mass is 994 g/mol. The number of nitrogens with zero attached hydrogens (tertiary/aromatic N) is 4. The summed E-state index contributed by atoms with van der Waals surface area (Å²) in [7, 11) is 0. The predicted molar refractivity (Wildman–Crippen MR) is 273 cm³/mol. The number of nitro groups is 1. The molecule has 2 N–H and O–H groups in total. The van der Waals surface area contributed by atoms with Gasteiger partial charge >= 0.3 is 0 Å². The number of oxime groups is 1. The minimum Gasteiger partial charge on any atom is -0.493 e. The molecule has 0 unspecified atom stereocenters. The Kier molecular flexibility index (Phi) is 17.6. The predicted octanol–water partition coefficient (Wildman–Crippen LogP) is 11.0. The molecule has 5 aromatic rings. The first-order valence-electron chi connectivity index (χ1n) is 24.5. The fourth-order valence-electron chi connectivity index (χ4n) is 10.4. The Morgan fingerprint density at radius 2 is 1.68 bits per heavy atom. The number of thioether (sulfide) groups is 1. The van der Waals surface area contributed by atoms with Gasteiger partial charge in [-0.1, -0.05) is 60.5 Å². The molecule has 374 valence electrons. The number of ether oxygens (including phenoxy) is 3. The summed E-state index contributed by atoms with van der Waals surface area (Å²) in [5.41, 5.74) is 4.19. The highest BCUT2D eigenvalue weighted by atomic mass is 32.2. The van der Waals surface area contributed by atoms with E-state index in [4.69, 9.17) is 24.2 Å². The number of allylic oxidation sites excluding steroid dienone is 1. The second-order valence-electron chi connectivity index (χ2n) is 18.2. The van der Waals surface area contributed by atoms with Crippen LogP contribution in [0.3, 0.4) is 0 Å². The average Bonchev–Trinajstić information content (AvgIpc) is 3.40. The van der Waals surface area contributed by atoms with Crippen LogP contribution >= 0.6 is 11.8 Å². The quantitative estimate of drug-likeness (QED) is 0.0198. The fraction of sp³-hybridized carbons (Fsp3) is 0.351. The molecule has 8 rings (SSSR count). The molecular weight excluding hydrogens is 936 g/mol. The van der Waals surface area contributed by atoms with E-state index < -0.39 is 34.4 Å². The first-order valence-corrected chi connectivity index (χ1v) is 25.4. The smallest absolute Gasteiger partial charge is 0.269 e. The molecule has 72 heavy (non-hydrogen) atoms. The number of carbonyl (C=O) groups excluding carboxylic acids is 1. The van der Waals surface area contributed by atoms with Gasteiger partial charge in [-0.3, -0.25) is 14.9 Å². The summed E-state index contributed by atoms with van der Waals surface area (Å²) in [6.45, 7) is 4.59. The number of aliphatic hydroxyl groups excluding tert-OH is 2. The minimum atomic E-state index is -1.60. The number of halogens is 1. The Bertz CT molecular complexity index is 2750. The zero-order chi connectivity index (χ0) is 50.5. The Hall–Kier alpha value is -6.83. The van der Waals surface area contributed by atoms with Crippen molar-refractivity contribution in [3.63, 3.8) is 0 Å². The van der Waals surface area contributed by atoms with Crippen LogP contribution in [0.2, 0.25) is 0 Å². The molecule has 15 heteroatoms. The largest absolute Gasteiger partial charge is 0.493 e. The van der Waals surface area contributed by atoms with Crippen molar-refractivity contribution in [3.8, 4) is 17.6 Å². The third kappa shape index (κ3) is 11.9. The number of nitriles is 1.